The molecule has 132 valence electrons. The minimum Gasteiger partial charge on any atom is -0.351 e. The third-order valence-electron chi connectivity index (χ3n) is 3.02. The summed E-state index contributed by atoms with van der Waals surface area (Å²) in [5.74, 6) is -1.03. The summed E-state index contributed by atoms with van der Waals surface area (Å²) in [7, 11) is 0. The van der Waals surface area contributed by atoms with E-state index < -0.39 is 17.8 Å². The number of anilines is 2. The normalized spacial score (nSPS) is 10.2. The molecule has 0 saturated heterocycles. The Morgan fingerprint density at radius 1 is 1.04 bits per heavy atom. The van der Waals surface area contributed by atoms with Crippen LogP contribution in [-0.4, -0.2) is 25.0 Å². The molecule has 5 N–H and O–H groups in total. The van der Waals surface area contributed by atoms with Crippen LogP contribution < -0.4 is 21.7 Å². The lowest BCUT2D eigenvalue weighted by molar-refractivity contribution is 0.0955. The largest absolute Gasteiger partial charge is 0.351 e. The van der Waals surface area contributed by atoms with Crippen LogP contribution in [0.2, 0.25) is 0 Å². The van der Waals surface area contributed by atoms with Gasteiger partial charge in [-0.1, -0.05) is 31.9 Å². The van der Waals surface area contributed by atoms with E-state index in [0.29, 0.717) is 5.69 Å². The highest BCUT2D eigenvalue weighted by Gasteiger charge is 2.14. The topological polar surface area (TPSA) is 96.2 Å². The zero-order valence-corrected chi connectivity index (χ0v) is 16.1. The van der Waals surface area contributed by atoms with E-state index in [9.17, 15) is 14.0 Å². The van der Waals surface area contributed by atoms with Crippen LogP contribution in [0.5, 0.6) is 0 Å². The first kappa shape index (κ1) is 19.4. The number of amides is 3. The molecule has 0 spiro atoms. The van der Waals surface area contributed by atoms with Gasteiger partial charge in [0.15, 0.2) is 0 Å². The molecule has 0 heterocycles. The van der Waals surface area contributed by atoms with Crippen molar-refractivity contribution in [1.82, 2.24) is 5.32 Å². The third-order valence-corrected chi connectivity index (χ3v) is 3.94. The Balaban J connectivity index is 2.16. The van der Waals surface area contributed by atoms with E-state index in [0.717, 1.165) is 21.1 Å². The highest BCUT2D eigenvalue weighted by Crippen LogP contribution is 2.24. The maximum atomic E-state index is 13.5. The standard InChI is InChI=1S/C16H15Br2FN4O2/c17-9-5-10(18)7-12(6-9)22-16(25)23-14-8-11(19)1-2-13(14)15(24)21-4-3-20/h1-2,5-8H,3-4,20H2,(H,21,24)(H2,22,23,25). The van der Waals surface area contributed by atoms with E-state index >= 15 is 0 Å². The predicted molar refractivity (Wildman–Crippen MR) is 102 cm³/mol. The van der Waals surface area contributed by atoms with Gasteiger partial charge in [0, 0.05) is 27.7 Å². The minimum atomic E-state index is -0.608. The van der Waals surface area contributed by atoms with E-state index in [4.69, 9.17) is 5.73 Å². The first-order chi connectivity index (χ1) is 11.9. The molecule has 6 nitrogen and oxygen atoms in total. The van der Waals surface area contributed by atoms with Crippen molar-refractivity contribution in [2.45, 2.75) is 0 Å². The van der Waals surface area contributed by atoms with Crippen molar-refractivity contribution in [2.75, 3.05) is 23.7 Å². The maximum absolute atomic E-state index is 13.5. The lowest BCUT2D eigenvalue weighted by Crippen LogP contribution is -2.30. The highest BCUT2D eigenvalue weighted by molar-refractivity contribution is 9.11. The van der Waals surface area contributed by atoms with Crippen molar-refractivity contribution in [2.24, 2.45) is 5.73 Å². The van der Waals surface area contributed by atoms with Crippen molar-refractivity contribution >= 4 is 55.2 Å². The fraction of sp³-hybridized carbons (Fsp3) is 0.125. The summed E-state index contributed by atoms with van der Waals surface area (Å²) in [6.07, 6.45) is 0. The Hall–Kier alpha value is -1.97. The van der Waals surface area contributed by atoms with Gasteiger partial charge in [0.05, 0.1) is 11.3 Å². The lowest BCUT2D eigenvalue weighted by Gasteiger charge is -2.12. The molecule has 2 aromatic carbocycles. The van der Waals surface area contributed by atoms with Gasteiger partial charge in [-0.05, 0) is 36.4 Å². The predicted octanol–water partition coefficient (Wildman–Crippen LogP) is 3.68. The van der Waals surface area contributed by atoms with Crippen LogP contribution in [0, 0.1) is 5.82 Å². The third kappa shape index (κ3) is 5.80. The van der Waals surface area contributed by atoms with Gasteiger partial charge in [-0.25, -0.2) is 9.18 Å². The van der Waals surface area contributed by atoms with Crippen LogP contribution in [0.15, 0.2) is 45.3 Å². The summed E-state index contributed by atoms with van der Waals surface area (Å²) < 4.78 is 15.0. The van der Waals surface area contributed by atoms with E-state index in [2.05, 4.69) is 47.8 Å². The summed E-state index contributed by atoms with van der Waals surface area (Å²) in [4.78, 5) is 24.3. The second-order valence-corrected chi connectivity index (χ2v) is 6.80. The molecule has 25 heavy (non-hydrogen) atoms. The molecule has 0 fully saturated rings. The van der Waals surface area contributed by atoms with Crippen LogP contribution in [0.1, 0.15) is 10.4 Å². The highest BCUT2D eigenvalue weighted by atomic mass is 79.9. The van der Waals surface area contributed by atoms with Crippen LogP contribution in [0.3, 0.4) is 0 Å². The van der Waals surface area contributed by atoms with Gasteiger partial charge in [-0.3, -0.25) is 4.79 Å². The minimum absolute atomic E-state index is 0.0566. The van der Waals surface area contributed by atoms with E-state index in [1.165, 1.54) is 6.07 Å². The Bertz CT molecular complexity index is 781. The fourth-order valence-electron chi connectivity index (χ4n) is 2.01. The number of nitrogens with two attached hydrogens (primary N) is 1. The lowest BCUT2D eigenvalue weighted by atomic mass is 10.1. The molecular formula is C16H15Br2FN4O2. The van der Waals surface area contributed by atoms with Gasteiger partial charge in [0.25, 0.3) is 5.91 Å². The molecule has 0 saturated carbocycles. The fourth-order valence-corrected chi connectivity index (χ4v) is 3.30. The van der Waals surface area contributed by atoms with Crippen molar-refractivity contribution in [3.05, 3.63) is 56.7 Å². The van der Waals surface area contributed by atoms with Crippen LogP contribution in [0.25, 0.3) is 0 Å². The molecule has 2 rings (SSSR count). The van der Waals surface area contributed by atoms with E-state index in [1.54, 1.807) is 12.1 Å². The zero-order chi connectivity index (χ0) is 18.4. The summed E-state index contributed by atoms with van der Waals surface area (Å²) in [6, 6.07) is 8.13. The molecule has 0 aliphatic rings. The van der Waals surface area contributed by atoms with Crippen molar-refractivity contribution in [3.63, 3.8) is 0 Å². The van der Waals surface area contributed by atoms with E-state index in [1.807, 2.05) is 6.07 Å². The zero-order valence-electron chi connectivity index (χ0n) is 12.9. The number of rotatable bonds is 5. The molecule has 9 heteroatoms. The molecule has 0 radical (unpaired) electrons. The van der Waals surface area contributed by atoms with Crippen molar-refractivity contribution in [3.8, 4) is 0 Å². The Morgan fingerprint density at radius 2 is 1.72 bits per heavy atom. The van der Waals surface area contributed by atoms with Crippen LogP contribution in [-0.2, 0) is 0 Å². The van der Waals surface area contributed by atoms with Gasteiger partial charge in [0.1, 0.15) is 5.82 Å². The van der Waals surface area contributed by atoms with E-state index in [-0.39, 0.29) is 24.3 Å². The molecule has 0 aliphatic carbocycles. The van der Waals surface area contributed by atoms with Crippen LogP contribution in [0.4, 0.5) is 20.6 Å². The first-order valence-electron chi connectivity index (χ1n) is 7.21. The van der Waals surface area contributed by atoms with Crippen molar-refractivity contribution in [1.29, 1.82) is 0 Å². The monoisotopic (exact) mass is 472 g/mol. The molecule has 2 aromatic rings. The molecule has 0 bridgehead atoms. The Kier molecular flexibility index (Phi) is 6.91. The number of carbonyl (C=O) groups excluding carboxylic acids is 2. The second-order valence-electron chi connectivity index (χ2n) is 4.97. The quantitative estimate of drug-likeness (QED) is 0.533. The molecule has 0 unspecified atom stereocenters. The summed E-state index contributed by atoms with van der Waals surface area (Å²) in [5, 5.41) is 7.68. The molecular weight excluding hydrogens is 459 g/mol. The van der Waals surface area contributed by atoms with Gasteiger partial charge < -0.3 is 21.7 Å². The van der Waals surface area contributed by atoms with Gasteiger partial charge in [0.2, 0.25) is 0 Å². The second kappa shape index (κ2) is 8.93. The van der Waals surface area contributed by atoms with Gasteiger partial charge in [-0.15, -0.1) is 0 Å². The van der Waals surface area contributed by atoms with Crippen LogP contribution >= 0.6 is 31.9 Å². The smallest absolute Gasteiger partial charge is 0.323 e. The molecule has 0 aromatic heterocycles. The number of halogens is 3. The maximum Gasteiger partial charge on any atom is 0.323 e. The van der Waals surface area contributed by atoms with Gasteiger partial charge in [-0.2, -0.15) is 0 Å². The summed E-state index contributed by atoms with van der Waals surface area (Å²) >= 11 is 6.64. The number of hydrogen-bond donors (Lipinski definition) is 4. The summed E-state index contributed by atoms with van der Waals surface area (Å²) in [5.41, 5.74) is 6.06. The molecule has 3 amide bonds. The number of nitrogens with one attached hydrogen (secondary N) is 3. The average Bonchev–Trinajstić information content (AvgIpc) is 2.51. The Labute approximate surface area is 160 Å². The van der Waals surface area contributed by atoms with Gasteiger partial charge >= 0.3 is 6.03 Å². The number of hydrogen-bond acceptors (Lipinski definition) is 3. The van der Waals surface area contributed by atoms with Crippen molar-refractivity contribution < 1.29 is 14.0 Å². The summed E-state index contributed by atoms with van der Waals surface area (Å²) in [6.45, 7) is 0.544. The first-order valence-corrected chi connectivity index (χ1v) is 8.79. The molecule has 0 aliphatic heterocycles. The average molecular weight is 474 g/mol. The molecule has 0 atom stereocenters. The SMILES string of the molecule is NCCNC(=O)c1ccc(F)cc1NC(=O)Nc1cc(Br)cc(Br)c1. The Morgan fingerprint density at radius 3 is 2.36 bits per heavy atom. The number of benzene rings is 2. The number of urea groups is 1. The number of carbonyl (C=O) groups is 2.